The van der Waals surface area contributed by atoms with Crippen LogP contribution in [0.5, 0.6) is 0 Å². The van der Waals surface area contributed by atoms with Gasteiger partial charge >= 0.3 is 0 Å². The number of anilines is 1. The Morgan fingerprint density at radius 1 is 1.30 bits per heavy atom. The zero-order valence-electron chi connectivity index (χ0n) is 12.3. The van der Waals surface area contributed by atoms with Crippen LogP contribution in [0.15, 0.2) is 12.3 Å². The van der Waals surface area contributed by atoms with Crippen molar-refractivity contribution >= 4 is 5.82 Å². The van der Waals surface area contributed by atoms with Gasteiger partial charge in [0.15, 0.2) is 0 Å². The molecule has 1 atom stereocenters. The Bertz CT molecular complexity index is 426. The summed E-state index contributed by atoms with van der Waals surface area (Å²) in [6.45, 7) is 8.43. The zero-order chi connectivity index (χ0) is 13.8. The molecule has 20 heavy (non-hydrogen) atoms. The van der Waals surface area contributed by atoms with Gasteiger partial charge in [-0.15, -0.1) is 0 Å². The molecule has 0 N–H and O–H groups in total. The first-order valence-corrected chi connectivity index (χ1v) is 7.70. The van der Waals surface area contributed by atoms with Crippen molar-refractivity contribution in [2.75, 3.05) is 44.2 Å². The monoisotopic (exact) mass is 276 g/mol. The van der Waals surface area contributed by atoms with E-state index in [1.807, 2.05) is 19.2 Å². The Morgan fingerprint density at radius 2 is 2.15 bits per heavy atom. The number of aryl methyl sites for hydroxylation is 1. The molecule has 1 unspecified atom stereocenters. The highest BCUT2D eigenvalue weighted by molar-refractivity contribution is 5.37. The van der Waals surface area contributed by atoms with E-state index in [1.165, 1.54) is 25.8 Å². The summed E-state index contributed by atoms with van der Waals surface area (Å²) >= 11 is 0. The maximum atomic E-state index is 5.69. The topological polar surface area (TPSA) is 41.5 Å². The normalized spacial score (nSPS) is 24.2. The fraction of sp³-hybridized carbons (Fsp3) is 0.733. The molecule has 110 valence electrons. The summed E-state index contributed by atoms with van der Waals surface area (Å²) in [5.41, 5.74) is 0. The number of hydrogen-bond donors (Lipinski definition) is 0. The SMILES string of the molecule is Cc1nccc(N2CCN(CCC3CCCO3)CC2)n1. The van der Waals surface area contributed by atoms with Crippen LogP contribution in [-0.2, 0) is 4.74 Å². The molecular weight excluding hydrogens is 252 g/mol. The second kappa shape index (κ2) is 6.50. The van der Waals surface area contributed by atoms with Crippen molar-refractivity contribution in [3.63, 3.8) is 0 Å². The minimum atomic E-state index is 0.512. The van der Waals surface area contributed by atoms with Crippen LogP contribution in [0.25, 0.3) is 0 Å². The maximum Gasteiger partial charge on any atom is 0.132 e. The van der Waals surface area contributed by atoms with Crippen LogP contribution in [-0.4, -0.2) is 60.3 Å². The fourth-order valence-corrected chi connectivity index (χ4v) is 3.02. The minimum Gasteiger partial charge on any atom is -0.378 e. The number of nitrogens with zero attached hydrogens (tertiary/aromatic N) is 4. The average molecular weight is 276 g/mol. The van der Waals surface area contributed by atoms with E-state index in [-0.39, 0.29) is 0 Å². The summed E-state index contributed by atoms with van der Waals surface area (Å²) in [6.07, 6.45) is 6.04. The van der Waals surface area contributed by atoms with E-state index in [0.717, 1.165) is 44.4 Å². The third-order valence-electron chi connectivity index (χ3n) is 4.25. The largest absolute Gasteiger partial charge is 0.378 e. The van der Waals surface area contributed by atoms with Gasteiger partial charge in [0.05, 0.1) is 6.10 Å². The lowest BCUT2D eigenvalue weighted by Gasteiger charge is -2.35. The molecule has 2 aliphatic rings. The van der Waals surface area contributed by atoms with E-state index in [4.69, 9.17) is 4.74 Å². The van der Waals surface area contributed by atoms with Crippen molar-refractivity contribution in [2.45, 2.75) is 32.3 Å². The van der Waals surface area contributed by atoms with Gasteiger partial charge in [0.2, 0.25) is 0 Å². The first-order valence-electron chi connectivity index (χ1n) is 7.70. The van der Waals surface area contributed by atoms with E-state index in [1.54, 1.807) is 0 Å². The summed E-state index contributed by atoms with van der Waals surface area (Å²) < 4.78 is 5.69. The molecular formula is C15H24N4O. The number of ether oxygens (including phenoxy) is 1. The summed E-state index contributed by atoms with van der Waals surface area (Å²) in [5, 5.41) is 0. The highest BCUT2D eigenvalue weighted by Crippen LogP contribution is 2.17. The lowest BCUT2D eigenvalue weighted by atomic mass is 10.1. The molecule has 2 saturated heterocycles. The second-order valence-electron chi connectivity index (χ2n) is 5.71. The lowest BCUT2D eigenvalue weighted by Crippen LogP contribution is -2.47. The molecule has 0 spiro atoms. The molecule has 0 radical (unpaired) electrons. The average Bonchev–Trinajstić information content (AvgIpc) is 2.99. The predicted molar refractivity (Wildman–Crippen MR) is 79.0 cm³/mol. The van der Waals surface area contributed by atoms with Crippen molar-refractivity contribution < 1.29 is 4.74 Å². The molecule has 1 aromatic rings. The van der Waals surface area contributed by atoms with E-state index < -0.39 is 0 Å². The van der Waals surface area contributed by atoms with E-state index in [9.17, 15) is 0 Å². The summed E-state index contributed by atoms with van der Waals surface area (Å²) in [7, 11) is 0. The molecule has 2 aliphatic heterocycles. The van der Waals surface area contributed by atoms with Crippen molar-refractivity contribution in [3.05, 3.63) is 18.1 Å². The molecule has 0 aliphatic carbocycles. The van der Waals surface area contributed by atoms with E-state index in [2.05, 4.69) is 19.8 Å². The van der Waals surface area contributed by atoms with Crippen molar-refractivity contribution in [1.29, 1.82) is 0 Å². The van der Waals surface area contributed by atoms with Crippen LogP contribution >= 0.6 is 0 Å². The minimum absolute atomic E-state index is 0.512. The van der Waals surface area contributed by atoms with Crippen molar-refractivity contribution in [1.82, 2.24) is 14.9 Å². The Balaban J connectivity index is 1.44. The van der Waals surface area contributed by atoms with Gasteiger partial charge in [-0.05, 0) is 32.3 Å². The van der Waals surface area contributed by atoms with Gasteiger partial charge in [0.25, 0.3) is 0 Å². The Kier molecular flexibility index (Phi) is 4.47. The molecule has 2 fully saturated rings. The summed E-state index contributed by atoms with van der Waals surface area (Å²) in [4.78, 5) is 13.6. The van der Waals surface area contributed by atoms with Gasteiger partial charge in [-0.3, -0.25) is 4.90 Å². The zero-order valence-corrected chi connectivity index (χ0v) is 12.3. The smallest absolute Gasteiger partial charge is 0.132 e. The lowest BCUT2D eigenvalue weighted by molar-refractivity contribution is 0.0910. The first-order chi connectivity index (χ1) is 9.81. The highest BCUT2D eigenvalue weighted by Gasteiger charge is 2.20. The van der Waals surface area contributed by atoms with Gasteiger partial charge in [-0.25, -0.2) is 9.97 Å². The first kappa shape index (κ1) is 13.8. The standard InChI is InChI=1S/C15H24N4O/c1-13-16-6-4-15(17-13)19-10-8-18(9-11-19)7-5-14-3-2-12-20-14/h4,6,14H,2-3,5,7-12H2,1H3. The summed E-state index contributed by atoms with van der Waals surface area (Å²) in [6, 6.07) is 2.01. The third-order valence-corrected chi connectivity index (χ3v) is 4.25. The van der Waals surface area contributed by atoms with Gasteiger partial charge in [-0.1, -0.05) is 0 Å². The van der Waals surface area contributed by atoms with Gasteiger partial charge in [-0.2, -0.15) is 0 Å². The molecule has 0 aromatic carbocycles. The third kappa shape index (κ3) is 3.46. The number of piperazine rings is 1. The molecule has 3 heterocycles. The van der Waals surface area contributed by atoms with Crippen LogP contribution < -0.4 is 4.90 Å². The molecule has 5 nitrogen and oxygen atoms in total. The van der Waals surface area contributed by atoms with Crippen LogP contribution in [0.2, 0.25) is 0 Å². The van der Waals surface area contributed by atoms with Crippen molar-refractivity contribution in [3.8, 4) is 0 Å². The molecule has 0 saturated carbocycles. The van der Waals surface area contributed by atoms with Gasteiger partial charge in [0.1, 0.15) is 11.6 Å². The number of rotatable bonds is 4. The van der Waals surface area contributed by atoms with Gasteiger partial charge < -0.3 is 9.64 Å². The Labute approximate surface area is 121 Å². The quantitative estimate of drug-likeness (QED) is 0.833. The predicted octanol–water partition coefficient (Wildman–Crippen LogP) is 1.48. The fourth-order valence-electron chi connectivity index (χ4n) is 3.02. The van der Waals surface area contributed by atoms with Gasteiger partial charge in [0, 0.05) is 45.5 Å². The molecule has 1 aromatic heterocycles. The van der Waals surface area contributed by atoms with Crippen LogP contribution in [0.4, 0.5) is 5.82 Å². The highest BCUT2D eigenvalue weighted by atomic mass is 16.5. The Morgan fingerprint density at radius 3 is 2.85 bits per heavy atom. The molecule has 3 rings (SSSR count). The second-order valence-corrected chi connectivity index (χ2v) is 5.71. The van der Waals surface area contributed by atoms with Crippen molar-refractivity contribution in [2.24, 2.45) is 0 Å². The van der Waals surface area contributed by atoms with Crippen LogP contribution in [0.3, 0.4) is 0 Å². The molecule has 0 bridgehead atoms. The molecule has 0 amide bonds. The van der Waals surface area contributed by atoms with Crippen LogP contribution in [0, 0.1) is 6.92 Å². The number of aromatic nitrogens is 2. The maximum absolute atomic E-state index is 5.69. The Hall–Kier alpha value is -1.20. The van der Waals surface area contributed by atoms with E-state index in [0.29, 0.717) is 6.10 Å². The van der Waals surface area contributed by atoms with Crippen LogP contribution in [0.1, 0.15) is 25.1 Å². The number of hydrogen-bond acceptors (Lipinski definition) is 5. The van der Waals surface area contributed by atoms with E-state index >= 15 is 0 Å². The molecule has 5 heteroatoms. The summed E-state index contributed by atoms with van der Waals surface area (Å²) in [5.74, 6) is 1.92.